The Bertz CT molecular complexity index is 1060. The van der Waals surface area contributed by atoms with E-state index in [9.17, 15) is 14.7 Å². The molecule has 2 aromatic rings. The van der Waals surface area contributed by atoms with Gasteiger partial charge in [-0.25, -0.2) is 4.79 Å². The third kappa shape index (κ3) is 7.44. The van der Waals surface area contributed by atoms with Crippen LogP contribution in [0.4, 0.5) is 21.9 Å². The van der Waals surface area contributed by atoms with Crippen LogP contribution in [0.15, 0.2) is 42.5 Å². The predicted molar refractivity (Wildman–Crippen MR) is 139 cm³/mol. The van der Waals surface area contributed by atoms with E-state index >= 15 is 0 Å². The largest absolute Gasteiger partial charge is 0.481 e. The fraction of sp³-hybridized carbons (Fsp3) is 0.444. The number of nitrogens with one attached hydrogen (secondary N) is 2. The maximum atomic E-state index is 13.0. The van der Waals surface area contributed by atoms with Crippen molar-refractivity contribution in [2.45, 2.75) is 44.6 Å². The number of hydrogen-bond donors (Lipinski definition) is 3. The molecule has 1 aliphatic rings. The monoisotopic (exact) mass is 494 g/mol. The number of hydrogen-bond acceptors (Lipinski definition) is 6. The maximum Gasteiger partial charge on any atom is 0.323 e. The average Bonchev–Trinajstić information content (AvgIpc) is 2.88. The van der Waals surface area contributed by atoms with Gasteiger partial charge in [0.15, 0.2) is 0 Å². The summed E-state index contributed by atoms with van der Waals surface area (Å²) in [6.45, 7) is 4.57. The molecule has 1 unspecified atom stereocenters. The first-order valence-corrected chi connectivity index (χ1v) is 12.2. The number of ether oxygens (including phenoxy) is 2. The van der Waals surface area contributed by atoms with Gasteiger partial charge in [-0.05, 0) is 61.2 Å². The van der Waals surface area contributed by atoms with Crippen molar-refractivity contribution >= 4 is 29.1 Å². The van der Waals surface area contributed by atoms with Gasteiger partial charge < -0.3 is 30.1 Å². The number of amides is 2. The molecule has 192 valence electrons. The lowest BCUT2D eigenvalue weighted by molar-refractivity contribution is -0.137. The second kappa shape index (κ2) is 13.5. The van der Waals surface area contributed by atoms with Gasteiger partial charge in [0.05, 0.1) is 36.0 Å². The fourth-order valence-corrected chi connectivity index (χ4v) is 4.49. The van der Waals surface area contributed by atoms with Crippen molar-refractivity contribution in [1.82, 2.24) is 0 Å². The molecular formula is C27H34N4O5. The van der Waals surface area contributed by atoms with E-state index in [-0.39, 0.29) is 25.0 Å². The number of anilines is 3. The van der Waals surface area contributed by atoms with Crippen LogP contribution < -0.4 is 15.5 Å². The molecule has 0 bridgehead atoms. The molecule has 0 aliphatic carbocycles. The Kier molecular flexibility index (Phi) is 10.1. The molecule has 3 N–H and O–H groups in total. The lowest BCUT2D eigenvalue weighted by Crippen LogP contribution is -2.40. The Labute approximate surface area is 212 Å². The van der Waals surface area contributed by atoms with E-state index < -0.39 is 12.0 Å². The van der Waals surface area contributed by atoms with Crippen molar-refractivity contribution in [3.8, 4) is 6.07 Å². The highest BCUT2D eigenvalue weighted by atomic mass is 16.5. The number of rotatable bonds is 11. The zero-order valence-corrected chi connectivity index (χ0v) is 20.8. The molecule has 36 heavy (non-hydrogen) atoms. The lowest BCUT2D eigenvalue weighted by atomic mass is 9.95. The number of nitrogens with zero attached hydrogens (tertiary/aromatic N) is 2. The van der Waals surface area contributed by atoms with Crippen LogP contribution in [-0.4, -0.2) is 56.6 Å². The molecule has 9 heteroatoms. The molecule has 1 aliphatic heterocycles. The highest BCUT2D eigenvalue weighted by molar-refractivity contribution is 6.02. The van der Waals surface area contributed by atoms with Gasteiger partial charge in [-0.3, -0.25) is 4.79 Å². The summed E-state index contributed by atoms with van der Waals surface area (Å²) < 4.78 is 10.8. The minimum Gasteiger partial charge on any atom is -0.481 e. The number of carbonyl (C=O) groups excluding carboxylic acids is 1. The molecular weight excluding hydrogens is 460 g/mol. The number of aliphatic carboxylic acids is 1. The van der Waals surface area contributed by atoms with E-state index in [2.05, 4.69) is 28.5 Å². The molecule has 0 radical (unpaired) electrons. The molecule has 2 amide bonds. The van der Waals surface area contributed by atoms with Crippen LogP contribution in [0, 0.1) is 11.3 Å². The Balaban J connectivity index is 1.94. The molecule has 1 saturated heterocycles. The summed E-state index contributed by atoms with van der Waals surface area (Å²) in [5.74, 6) is -1.27. The van der Waals surface area contributed by atoms with Crippen molar-refractivity contribution in [2.75, 3.05) is 49.0 Å². The summed E-state index contributed by atoms with van der Waals surface area (Å²) >= 11 is 0. The first-order valence-electron chi connectivity index (χ1n) is 12.2. The smallest absolute Gasteiger partial charge is 0.323 e. The highest BCUT2D eigenvalue weighted by Gasteiger charge is 2.25. The zero-order valence-electron chi connectivity index (χ0n) is 20.8. The van der Waals surface area contributed by atoms with Gasteiger partial charge in [0.25, 0.3) is 0 Å². The van der Waals surface area contributed by atoms with Gasteiger partial charge in [-0.2, -0.15) is 5.26 Å². The fourth-order valence-electron chi connectivity index (χ4n) is 4.49. The first kappa shape index (κ1) is 27.0. The molecule has 3 rings (SSSR count). The maximum absolute atomic E-state index is 13.0. The van der Waals surface area contributed by atoms with E-state index in [0.717, 1.165) is 37.1 Å². The molecule has 0 spiro atoms. The van der Waals surface area contributed by atoms with Crippen molar-refractivity contribution in [3.63, 3.8) is 0 Å². The molecule has 2 aromatic carbocycles. The van der Waals surface area contributed by atoms with E-state index in [1.165, 1.54) is 0 Å². The van der Waals surface area contributed by atoms with Gasteiger partial charge in [-0.1, -0.05) is 13.0 Å². The van der Waals surface area contributed by atoms with Crippen LogP contribution in [-0.2, 0) is 14.3 Å². The topological polar surface area (TPSA) is 124 Å². The van der Waals surface area contributed by atoms with E-state index in [4.69, 9.17) is 14.7 Å². The average molecular weight is 495 g/mol. The van der Waals surface area contributed by atoms with Crippen LogP contribution in [0.2, 0.25) is 0 Å². The van der Waals surface area contributed by atoms with Crippen molar-refractivity contribution in [2.24, 2.45) is 0 Å². The molecule has 9 nitrogen and oxygen atoms in total. The number of methoxy groups -OCH3 is 1. The number of urea groups is 1. The number of carboxylic acids is 1. The molecule has 1 fully saturated rings. The molecule has 1 heterocycles. The minimum absolute atomic E-state index is 0.0807. The summed E-state index contributed by atoms with van der Waals surface area (Å²) in [4.78, 5) is 26.8. The Morgan fingerprint density at radius 1 is 1.19 bits per heavy atom. The van der Waals surface area contributed by atoms with E-state index in [0.29, 0.717) is 30.2 Å². The summed E-state index contributed by atoms with van der Waals surface area (Å²) in [5.41, 5.74) is 3.33. The van der Waals surface area contributed by atoms with Crippen LogP contribution in [0.3, 0.4) is 0 Å². The van der Waals surface area contributed by atoms with Crippen molar-refractivity contribution in [3.05, 3.63) is 53.6 Å². The number of benzene rings is 2. The SMILES string of the molecule is CCCN(c1ccc(C(COC)CC(=O)O)cc1NC(=O)Nc1ccc(C#N)cc1)C1CCOCC1. The molecule has 1 atom stereocenters. The van der Waals surface area contributed by atoms with Crippen molar-refractivity contribution in [1.29, 1.82) is 5.26 Å². The summed E-state index contributed by atoms with van der Waals surface area (Å²) in [7, 11) is 1.54. The summed E-state index contributed by atoms with van der Waals surface area (Å²) in [6.07, 6.45) is 2.64. The number of carbonyl (C=O) groups is 2. The third-order valence-corrected chi connectivity index (χ3v) is 6.21. The van der Waals surface area contributed by atoms with Crippen LogP contribution in [0.1, 0.15) is 49.7 Å². The quantitative estimate of drug-likeness (QED) is 0.410. The summed E-state index contributed by atoms with van der Waals surface area (Å²) in [6, 6.07) is 14.3. The summed E-state index contributed by atoms with van der Waals surface area (Å²) in [5, 5.41) is 24.2. The van der Waals surface area contributed by atoms with Gasteiger partial charge in [0, 0.05) is 44.5 Å². The van der Waals surface area contributed by atoms with Gasteiger partial charge >= 0.3 is 12.0 Å². The second-order valence-corrected chi connectivity index (χ2v) is 8.83. The Hall–Kier alpha value is -3.61. The number of nitriles is 1. The number of carboxylic acid groups (broad SMARTS) is 1. The van der Waals surface area contributed by atoms with Crippen molar-refractivity contribution < 1.29 is 24.2 Å². The predicted octanol–water partition coefficient (Wildman–Crippen LogP) is 4.80. The Morgan fingerprint density at radius 3 is 2.53 bits per heavy atom. The molecule has 0 saturated carbocycles. The highest BCUT2D eigenvalue weighted by Crippen LogP contribution is 2.34. The Morgan fingerprint density at radius 2 is 1.92 bits per heavy atom. The van der Waals surface area contributed by atoms with Gasteiger partial charge in [0.2, 0.25) is 0 Å². The van der Waals surface area contributed by atoms with Gasteiger partial charge in [-0.15, -0.1) is 0 Å². The van der Waals surface area contributed by atoms with Crippen LogP contribution in [0.5, 0.6) is 0 Å². The zero-order chi connectivity index (χ0) is 25.9. The molecule has 0 aromatic heterocycles. The third-order valence-electron chi connectivity index (χ3n) is 6.21. The first-order chi connectivity index (χ1) is 17.4. The van der Waals surface area contributed by atoms with Crippen LogP contribution in [0.25, 0.3) is 0 Å². The second-order valence-electron chi connectivity index (χ2n) is 8.83. The lowest BCUT2D eigenvalue weighted by Gasteiger charge is -2.37. The minimum atomic E-state index is -0.913. The van der Waals surface area contributed by atoms with Crippen LogP contribution >= 0.6 is 0 Å². The standard InChI is InChI=1S/C27H34N4O5/c1-3-12-31(23-10-13-36-14-11-23)25-9-6-20(21(18-35-2)16-26(32)33)15-24(25)30-27(34)29-22-7-4-19(17-28)5-8-22/h4-9,15,21,23H,3,10-14,16,18H2,1-2H3,(H,32,33)(H2,29,30,34). The van der Waals surface area contributed by atoms with E-state index in [1.807, 2.05) is 18.2 Å². The van der Waals surface area contributed by atoms with E-state index in [1.54, 1.807) is 31.4 Å². The van der Waals surface area contributed by atoms with Gasteiger partial charge in [0.1, 0.15) is 0 Å². The normalized spacial score (nSPS) is 14.5.